The number of hydrogen-bond acceptors (Lipinski definition) is 3. The van der Waals surface area contributed by atoms with E-state index in [0.717, 1.165) is 6.07 Å². The average molecular weight is 219 g/mol. The van der Waals surface area contributed by atoms with Crippen molar-refractivity contribution < 1.29 is 18.7 Å². The third-order valence-electron chi connectivity index (χ3n) is 1.47. The van der Waals surface area contributed by atoms with Gasteiger partial charge in [-0.15, -0.1) is 0 Å². The van der Waals surface area contributed by atoms with Crippen LogP contribution in [0.1, 0.15) is 0 Å². The van der Waals surface area contributed by atoms with Crippen molar-refractivity contribution in [3.63, 3.8) is 0 Å². The first-order chi connectivity index (χ1) is 6.63. The minimum absolute atomic E-state index is 0.122. The fourth-order valence-electron chi connectivity index (χ4n) is 0.783. The highest BCUT2D eigenvalue weighted by Crippen LogP contribution is 2.24. The standard InChI is InChI=1S/C9H8ClFO3/c1-13-9(12)5-14-8-4-6(11)2-3-7(8)10/h2-4H,5H2,1H3. The smallest absolute Gasteiger partial charge is 0.343 e. The summed E-state index contributed by atoms with van der Waals surface area (Å²) in [5, 5.41) is 0.246. The average Bonchev–Trinajstić information content (AvgIpc) is 2.19. The van der Waals surface area contributed by atoms with E-state index in [0.29, 0.717) is 0 Å². The number of rotatable bonds is 3. The van der Waals surface area contributed by atoms with Crippen molar-refractivity contribution in [3.05, 3.63) is 29.0 Å². The maximum atomic E-state index is 12.7. The van der Waals surface area contributed by atoms with Crippen molar-refractivity contribution >= 4 is 17.6 Å². The van der Waals surface area contributed by atoms with Crippen molar-refractivity contribution in [2.75, 3.05) is 13.7 Å². The van der Waals surface area contributed by atoms with Gasteiger partial charge in [-0.3, -0.25) is 0 Å². The van der Waals surface area contributed by atoms with Crippen LogP contribution in [-0.4, -0.2) is 19.7 Å². The molecule has 1 rings (SSSR count). The molecule has 0 unspecified atom stereocenters. The number of carbonyl (C=O) groups is 1. The van der Waals surface area contributed by atoms with Crippen molar-refractivity contribution in [1.82, 2.24) is 0 Å². The predicted molar refractivity (Wildman–Crippen MR) is 48.9 cm³/mol. The van der Waals surface area contributed by atoms with Crippen molar-refractivity contribution in [1.29, 1.82) is 0 Å². The molecule has 0 spiro atoms. The van der Waals surface area contributed by atoms with Crippen molar-refractivity contribution in [3.8, 4) is 5.75 Å². The first-order valence-electron chi connectivity index (χ1n) is 3.78. The molecule has 0 heterocycles. The van der Waals surface area contributed by atoms with Crippen LogP contribution in [0.3, 0.4) is 0 Å². The molecule has 0 aliphatic heterocycles. The van der Waals surface area contributed by atoms with Crippen LogP contribution in [0.2, 0.25) is 5.02 Å². The summed E-state index contributed by atoms with van der Waals surface area (Å²) in [6, 6.07) is 3.65. The number of halogens is 2. The second-order valence-electron chi connectivity index (χ2n) is 2.44. The minimum Gasteiger partial charge on any atom is -0.480 e. The Morgan fingerprint density at radius 2 is 2.29 bits per heavy atom. The summed E-state index contributed by atoms with van der Waals surface area (Å²) < 4.78 is 22.0. The summed E-state index contributed by atoms with van der Waals surface area (Å²) in [5.41, 5.74) is 0. The summed E-state index contributed by atoms with van der Waals surface area (Å²) in [7, 11) is 1.23. The molecular weight excluding hydrogens is 211 g/mol. The molecule has 14 heavy (non-hydrogen) atoms. The molecule has 0 aromatic heterocycles. The number of ether oxygens (including phenoxy) is 2. The summed E-state index contributed by atoms with van der Waals surface area (Å²) in [6.07, 6.45) is 0. The van der Waals surface area contributed by atoms with Crippen LogP contribution in [0.15, 0.2) is 18.2 Å². The minimum atomic E-state index is -0.551. The summed E-state index contributed by atoms with van der Waals surface area (Å²) in [5.74, 6) is -0.906. The van der Waals surface area contributed by atoms with E-state index in [9.17, 15) is 9.18 Å². The van der Waals surface area contributed by atoms with Gasteiger partial charge in [-0.25, -0.2) is 9.18 Å². The number of benzene rings is 1. The Labute approximate surface area is 85.4 Å². The van der Waals surface area contributed by atoms with Gasteiger partial charge in [-0.2, -0.15) is 0 Å². The van der Waals surface area contributed by atoms with Crippen LogP contribution in [0, 0.1) is 5.82 Å². The maximum Gasteiger partial charge on any atom is 0.343 e. The van der Waals surface area contributed by atoms with E-state index in [2.05, 4.69) is 4.74 Å². The SMILES string of the molecule is COC(=O)COc1cc(F)ccc1Cl. The lowest BCUT2D eigenvalue weighted by Crippen LogP contribution is -2.12. The normalized spacial score (nSPS) is 9.64. The molecule has 3 nitrogen and oxygen atoms in total. The van der Waals surface area contributed by atoms with Gasteiger partial charge in [-0.1, -0.05) is 11.6 Å². The fraction of sp³-hybridized carbons (Fsp3) is 0.222. The lowest BCUT2D eigenvalue weighted by Gasteiger charge is -2.06. The van der Waals surface area contributed by atoms with E-state index in [-0.39, 0.29) is 17.4 Å². The van der Waals surface area contributed by atoms with Gasteiger partial charge in [0.05, 0.1) is 12.1 Å². The summed E-state index contributed by atoms with van der Waals surface area (Å²) >= 11 is 5.68. The molecule has 0 amide bonds. The second-order valence-corrected chi connectivity index (χ2v) is 2.85. The van der Waals surface area contributed by atoms with Gasteiger partial charge in [0.2, 0.25) is 0 Å². The Kier molecular flexibility index (Phi) is 3.71. The molecule has 0 saturated carbocycles. The summed E-state index contributed by atoms with van der Waals surface area (Å²) in [6.45, 7) is -0.292. The monoisotopic (exact) mass is 218 g/mol. The number of esters is 1. The molecule has 0 aliphatic rings. The fourth-order valence-corrected chi connectivity index (χ4v) is 0.956. The van der Waals surface area contributed by atoms with Crippen LogP contribution in [0.5, 0.6) is 5.75 Å². The van der Waals surface area contributed by atoms with Crippen LogP contribution >= 0.6 is 11.6 Å². The molecule has 0 fully saturated rings. The largest absolute Gasteiger partial charge is 0.480 e. The number of carbonyl (C=O) groups excluding carboxylic acids is 1. The topological polar surface area (TPSA) is 35.5 Å². The maximum absolute atomic E-state index is 12.7. The zero-order valence-electron chi connectivity index (χ0n) is 7.42. The van der Waals surface area contributed by atoms with E-state index in [1.165, 1.54) is 19.2 Å². The highest BCUT2D eigenvalue weighted by molar-refractivity contribution is 6.32. The van der Waals surface area contributed by atoms with Gasteiger partial charge < -0.3 is 9.47 Å². The highest BCUT2D eigenvalue weighted by Gasteiger charge is 2.06. The molecule has 1 aromatic rings. The van der Waals surface area contributed by atoms with Gasteiger partial charge >= 0.3 is 5.97 Å². The molecule has 76 valence electrons. The van der Waals surface area contributed by atoms with Crippen LogP contribution < -0.4 is 4.74 Å². The van der Waals surface area contributed by atoms with E-state index in [1.54, 1.807) is 0 Å². The Morgan fingerprint density at radius 1 is 1.57 bits per heavy atom. The third-order valence-corrected chi connectivity index (χ3v) is 1.78. The van der Waals surface area contributed by atoms with Gasteiger partial charge in [0.1, 0.15) is 11.6 Å². The Morgan fingerprint density at radius 3 is 2.93 bits per heavy atom. The zero-order valence-corrected chi connectivity index (χ0v) is 8.18. The second kappa shape index (κ2) is 4.81. The molecule has 0 bridgehead atoms. The molecular formula is C9H8ClFO3. The van der Waals surface area contributed by atoms with E-state index < -0.39 is 11.8 Å². The Hall–Kier alpha value is -1.29. The van der Waals surface area contributed by atoms with Crippen LogP contribution in [0.4, 0.5) is 4.39 Å². The van der Waals surface area contributed by atoms with Gasteiger partial charge in [-0.05, 0) is 12.1 Å². The Bertz CT molecular complexity index is 341. The molecule has 0 aliphatic carbocycles. The van der Waals surface area contributed by atoms with Gasteiger partial charge in [0.15, 0.2) is 6.61 Å². The lowest BCUT2D eigenvalue weighted by molar-refractivity contribution is -0.142. The summed E-state index contributed by atoms with van der Waals surface area (Å²) in [4.78, 5) is 10.7. The predicted octanol–water partition coefficient (Wildman–Crippen LogP) is 2.03. The first kappa shape index (κ1) is 10.8. The molecule has 5 heteroatoms. The Balaban J connectivity index is 2.66. The first-order valence-corrected chi connectivity index (χ1v) is 4.16. The van der Waals surface area contributed by atoms with Crippen molar-refractivity contribution in [2.24, 2.45) is 0 Å². The van der Waals surface area contributed by atoms with E-state index in [1.807, 2.05) is 0 Å². The molecule has 0 radical (unpaired) electrons. The van der Waals surface area contributed by atoms with Crippen LogP contribution in [-0.2, 0) is 9.53 Å². The highest BCUT2D eigenvalue weighted by atomic mass is 35.5. The van der Waals surface area contributed by atoms with Gasteiger partial charge in [0.25, 0.3) is 0 Å². The third kappa shape index (κ3) is 2.88. The quantitative estimate of drug-likeness (QED) is 0.729. The molecule has 0 atom stereocenters. The van der Waals surface area contributed by atoms with Gasteiger partial charge in [0, 0.05) is 6.07 Å². The molecule has 0 saturated heterocycles. The zero-order chi connectivity index (χ0) is 10.6. The number of hydrogen-bond donors (Lipinski definition) is 0. The lowest BCUT2D eigenvalue weighted by atomic mass is 10.3. The van der Waals surface area contributed by atoms with E-state index in [4.69, 9.17) is 16.3 Å². The molecule has 0 N–H and O–H groups in total. The van der Waals surface area contributed by atoms with E-state index >= 15 is 0 Å². The van der Waals surface area contributed by atoms with Crippen LogP contribution in [0.25, 0.3) is 0 Å². The molecule has 1 aromatic carbocycles. The van der Waals surface area contributed by atoms with Crippen molar-refractivity contribution in [2.45, 2.75) is 0 Å². The number of methoxy groups -OCH3 is 1.